The molecular formula is C10H11O3. The highest BCUT2D eigenvalue weighted by molar-refractivity contribution is 5.91. The highest BCUT2D eigenvalue weighted by atomic mass is 16.5. The molecule has 0 amide bonds. The molecule has 1 aromatic carbocycles. The molecule has 0 aromatic heterocycles. The molecule has 0 saturated heterocycles. The average Bonchev–Trinajstić information content (AvgIpc) is 2.17. The van der Waals surface area contributed by atoms with E-state index in [4.69, 9.17) is 5.11 Å². The maximum absolute atomic E-state index is 11.2. The number of aliphatic hydroxyl groups is 1. The van der Waals surface area contributed by atoms with E-state index in [0.717, 1.165) is 0 Å². The number of hydrogen-bond donors (Lipinski definition) is 1. The van der Waals surface area contributed by atoms with Crippen LogP contribution in [0, 0.1) is 6.92 Å². The van der Waals surface area contributed by atoms with Gasteiger partial charge < -0.3 is 9.84 Å². The summed E-state index contributed by atoms with van der Waals surface area (Å²) < 4.78 is 4.56. The SMILES string of the molecule is [CH2]c1c(CO)cccc1C(=O)OC. The van der Waals surface area contributed by atoms with E-state index in [2.05, 4.69) is 11.7 Å². The number of ether oxygens (including phenoxy) is 1. The van der Waals surface area contributed by atoms with Crippen molar-refractivity contribution in [1.82, 2.24) is 0 Å². The molecule has 0 heterocycles. The first kappa shape index (κ1) is 9.74. The van der Waals surface area contributed by atoms with Crippen LogP contribution in [0.2, 0.25) is 0 Å². The van der Waals surface area contributed by atoms with Gasteiger partial charge in [-0.25, -0.2) is 4.79 Å². The van der Waals surface area contributed by atoms with E-state index in [0.29, 0.717) is 16.7 Å². The number of carbonyl (C=O) groups is 1. The van der Waals surface area contributed by atoms with Gasteiger partial charge in [-0.1, -0.05) is 12.1 Å². The molecule has 0 atom stereocenters. The van der Waals surface area contributed by atoms with Gasteiger partial charge >= 0.3 is 5.97 Å². The van der Waals surface area contributed by atoms with Crippen LogP contribution in [0.4, 0.5) is 0 Å². The molecule has 1 aromatic rings. The van der Waals surface area contributed by atoms with Crippen molar-refractivity contribution < 1.29 is 14.6 Å². The number of aliphatic hydroxyl groups excluding tert-OH is 1. The second-order valence-corrected chi connectivity index (χ2v) is 2.59. The minimum absolute atomic E-state index is 0.121. The Labute approximate surface area is 77.0 Å². The largest absolute Gasteiger partial charge is 0.465 e. The van der Waals surface area contributed by atoms with Crippen LogP contribution in [-0.4, -0.2) is 18.2 Å². The van der Waals surface area contributed by atoms with Crippen LogP contribution in [0.3, 0.4) is 0 Å². The third-order valence-electron chi connectivity index (χ3n) is 1.85. The Morgan fingerprint density at radius 2 is 2.31 bits per heavy atom. The van der Waals surface area contributed by atoms with Crippen molar-refractivity contribution in [2.24, 2.45) is 0 Å². The fourth-order valence-electron chi connectivity index (χ4n) is 1.08. The molecule has 0 aliphatic carbocycles. The van der Waals surface area contributed by atoms with Crippen molar-refractivity contribution in [3.05, 3.63) is 41.8 Å². The van der Waals surface area contributed by atoms with Gasteiger partial charge in [0.25, 0.3) is 0 Å². The van der Waals surface area contributed by atoms with Gasteiger partial charge in [-0.3, -0.25) is 0 Å². The minimum Gasteiger partial charge on any atom is -0.465 e. The van der Waals surface area contributed by atoms with Crippen LogP contribution in [-0.2, 0) is 11.3 Å². The predicted octanol–water partition coefficient (Wildman–Crippen LogP) is 1.15. The summed E-state index contributed by atoms with van der Waals surface area (Å²) in [5.74, 6) is -0.430. The molecule has 3 heteroatoms. The molecule has 69 valence electrons. The lowest BCUT2D eigenvalue weighted by molar-refractivity contribution is 0.0600. The summed E-state index contributed by atoms with van der Waals surface area (Å²) in [6.07, 6.45) is 0. The molecule has 0 bridgehead atoms. The van der Waals surface area contributed by atoms with Crippen LogP contribution in [0.25, 0.3) is 0 Å². The summed E-state index contributed by atoms with van der Waals surface area (Å²) >= 11 is 0. The first-order chi connectivity index (χ1) is 6.20. The van der Waals surface area contributed by atoms with Gasteiger partial charge in [0.05, 0.1) is 19.3 Å². The third-order valence-corrected chi connectivity index (χ3v) is 1.85. The Balaban J connectivity index is 3.15. The number of methoxy groups -OCH3 is 1. The van der Waals surface area contributed by atoms with Crippen molar-refractivity contribution >= 4 is 5.97 Å². The lowest BCUT2D eigenvalue weighted by Gasteiger charge is -2.06. The van der Waals surface area contributed by atoms with E-state index in [1.54, 1.807) is 18.2 Å². The zero-order chi connectivity index (χ0) is 9.84. The molecule has 0 spiro atoms. The van der Waals surface area contributed by atoms with Crippen molar-refractivity contribution in [1.29, 1.82) is 0 Å². The van der Waals surface area contributed by atoms with Crippen molar-refractivity contribution in [3.63, 3.8) is 0 Å². The molecule has 1 radical (unpaired) electrons. The minimum atomic E-state index is -0.430. The highest BCUT2D eigenvalue weighted by Gasteiger charge is 2.10. The van der Waals surface area contributed by atoms with E-state index in [-0.39, 0.29) is 6.61 Å². The Kier molecular flexibility index (Phi) is 3.03. The highest BCUT2D eigenvalue weighted by Crippen LogP contribution is 2.14. The first-order valence-electron chi connectivity index (χ1n) is 3.83. The maximum atomic E-state index is 11.2. The van der Waals surface area contributed by atoms with Crippen LogP contribution < -0.4 is 0 Å². The van der Waals surface area contributed by atoms with Crippen molar-refractivity contribution in [2.75, 3.05) is 7.11 Å². The number of rotatable bonds is 2. The Bertz CT molecular complexity index is 318. The molecule has 13 heavy (non-hydrogen) atoms. The number of benzene rings is 1. The van der Waals surface area contributed by atoms with E-state index in [1.807, 2.05) is 0 Å². The molecule has 0 aliphatic rings. The van der Waals surface area contributed by atoms with Gasteiger partial charge in [0.2, 0.25) is 0 Å². The monoisotopic (exact) mass is 179 g/mol. The van der Waals surface area contributed by atoms with E-state index in [9.17, 15) is 4.79 Å². The fraction of sp³-hybridized carbons (Fsp3) is 0.200. The molecule has 0 aliphatic heterocycles. The van der Waals surface area contributed by atoms with Gasteiger partial charge in [-0.05, 0) is 24.1 Å². The number of esters is 1. The second-order valence-electron chi connectivity index (χ2n) is 2.59. The second kappa shape index (κ2) is 4.05. The van der Waals surface area contributed by atoms with Crippen molar-refractivity contribution in [2.45, 2.75) is 6.61 Å². The van der Waals surface area contributed by atoms with E-state index < -0.39 is 5.97 Å². The molecule has 3 nitrogen and oxygen atoms in total. The third kappa shape index (κ3) is 1.87. The average molecular weight is 179 g/mol. The normalized spacial score (nSPS) is 9.77. The maximum Gasteiger partial charge on any atom is 0.338 e. The lowest BCUT2D eigenvalue weighted by atomic mass is 10.0. The summed E-state index contributed by atoms with van der Waals surface area (Å²) in [5.41, 5.74) is 1.56. The predicted molar refractivity (Wildman–Crippen MR) is 48.2 cm³/mol. The number of hydrogen-bond acceptors (Lipinski definition) is 3. The smallest absolute Gasteiger partial charge is 0.338 e. The lowest BCUT2D eigenvalue weighted by Crippen LogP contribution is -2.05. The van der Waals surface area contributed by atoms with Gasteiger partial charge in [0, 0.05) is 0 Å². The van der Waals surface area contributed by atoms with Gasteiger partial charge in [-0.15, -0.1) is 0 Å². The van der Waals surface area contributed by atoms with Crippen molar-refractivity contribution in [3.8, 4) is 0 Å². The summed E-state index contributed by atoms with van der Waals surface area (Å²) in [7, 11) is 1.31. The molecule has 1 rings (SSSR count). The summed E-state index contributed by atoms with van der Waals surface area (Å²) in [6.45, 7) is 3.58. The zero-order valence-corrected chi connectivity index (χ0v) is 7.41. The molecule has 1 N–H and O–H groups in total. The van der Waals surface area contributed by atoms with Gasteiger partial charge in [0.1, 0.15) is 0 Å². The number of carbonyl (C=O) groups excluding carboxylic acids is 1. The Hall–Kier alpha value is -1.35. The van der Waals surface area contributed by atoms with Crippen LogP contribution in [0.5, 0.6) is 0 Å². The van der Waals surface area contributed by atoms with E-state index in [1.165, 1.54) is 7.11 Å². The quantitative estimate of drug-likeness (QED) is 0.693. The van der Waals surface area contributed by atoms with Crippen LogP contribution in [0.15, 0.2) is 18.2 Å². The topological polar surface area (TPSA) is 46.5 Å². The molecule has 0 fully saturated rings. The zero-order valence-electron chi connectivity index (χ0n) is 7.41. The summed E-state index contributed by atoms with van der Waals surface area (Å²) in [6, 6.07) is 5.02. The van der Waals surface area contributed by atoms with Gasteiger partial charge in [0.15, 0.2) is 0 Å². The van der Waals surface area contributed by atoms with Crippen LogP contribution in [0.1, 0.15) is 21.5 Å². The standard InChI is InChI=1S/C10H11O3/c1-7-8(6-11)4-3-5-9(7)10(12)13-2/h3-5,11H,1,6H2,2H3. The van der Waals surface area contributed by atoms with Gasteiger partial charge in [-0.2, -0.15) is 0 Å². The summed E-state index contributed by atoms with van der Waals surface area (Å²) in [4.78, 5) is 11.2. The Morgan fingerprint density at radius 1 is 1.62 bits per heavy atom. The first-order valence-corrected chi connectivity index (χ1v) is 3.83. The summed E-state index contributed by atoms with van der Waals surface area (Å²) in [5, 5.41) is 8.91. The molecule has 0 unspecified atom stereocenters. The molecule has 0 saturated carbocycles. The fourth-order valence-corrected chi connectivity index (χ4v) is 1.08. The Morgan fingerprint density at radius 3 is 2.85 bits per heavy atom. The molecular weight excluding hydrogens is 168 g/mol. The van der Waals surface area contributed by atoms with Crippen LogP contribution >= 0.6 is 0 Å². The van der Waals surface area contributed by atoms with E-state index >= 15 is 0 Å².